The maximum atomic E-state index is 8.77. The van der Waals surface area contributed by atoms with Gasteiger partial charge in [0.05, 0.1) is 18.3 Å². The second-order valence-electron chi connectivity index (χ2n) is 3.25. The summed E-state index contributed by atoms with van der Waals surface area (Å²) in [5, 5.41) is 12.0. The van der Waals surface area contributed by atoms with Crippen LogP contribution < -0.4 is 5.32 Å². The van der Waals surface area contributed by atoms with Crippen molar-refractivity contribution in [2.75, 3.05) is 19.7 Å². The van der Waals surface area contributed by atoms with Gasteiger partial charge in [-0.2, -0.15) is 0 Å². The van der Waals surface area contributed by atoms with Crippen LogP contribution in [0.1, 0.15) is 12.8 Å². The monoisotopic (exact) mass is 143 g/mol. The highest BCUT2D eigenvalue weighted by molar-refractivity contribution is 4.99. The molecule has 0 aliphatic carbocycles. The molecule has 10 heavy (non-hydrogen) atoms. The van der Waals surface area contributed by atoms with Gasteiger partial charge in [0.15, 0.2) is 0 Å². The van der Waals surface area contributed by atoms with Crippen molar-refractivity contribution in [3.8, 4) is 0 Å². The van der Waals surface area contributed by atoms with E-state index in [0.717, 1.165) is 25.9 Å². The first-order valence-electron chi connectivity index (χ1n) is 3.84. The topological polar surface area (TPSA) is 41.5 Å². The molecule has 3 heteroatoms. The van der Waals surface area contributed by atoms with Crippen molar-refractivity contribution < 1.29 is 9.84 Å². The fraction of sp³-hybridized carbons (Fsp3) is 1.00. The summed E-state index contributed by atoms with van der Waals surface area (Å²) < 4.78 is 5.62. The van der Waals surface area contributed by atoms with E-state index in [0.29, 0.717) is 0 Å². The van der Waals surface area contributed by atoms with Crippen LogP contribution >= 0.6 is 0 Å². The molecule has 0 aromatic carbocycles. The highest BCUT2D eigenvalue weighted by atomic mass is 16.5. The summed E-state index contributed by atoms with van der Waals surface area (Å²) in [6.07, 6.45) is 2.26. The normalized spacial score (nSPS) is 36.3. The molecule has 0 radical (unpaired) electrons. The van der Waals surface area contributed by atoms with Crippen LogP contribution in [0.15, 0.2) is 0 Å². The van der Waals surface area contributed by atoms with Crippen LogP contribution in [-0.2, 0) is 4.74 Å². The average Bonchev–Trinajstić information content (AvgIpc) is 2.29. The van der Waals surface area contributed by atoms with E-state index in [-0.39, 0.29) is 18.3 Å². The molecule has 2 heterocycles. The van der Waals surface area contributed by atoms with Gasteiger partial charge in [0.2, 0.25) is 0 Å². The fourth-order valence-corrected chi connectivity index (χ4v) is 1.69. The van der Waals surface area contributed by atoms with E-state index in [1.807, 2.05) is 0 Å². The maximum Gasteiger partial charge on any atom is 0.0935 e. The largest absolute Gasteiger partial charge is 0.394 e. The van der Waals surface area contributed by atoms with Gasteiger partial charge in [-0.25, -0.2) is 0 Å². The molecule has 2 N–H and O–H groups in total. The molecule has 2 aliphatic rings. The van der Waals surface area contributed by atoms with Crippen LogP contribution in [0.3, 0.4) is 0 Å². The number of rotatable bonds is 1. The molecule has 2 rings (SSSR count). The molecule has 1 spiro atoms. The van der Waals surface area contributed by atoms with Crippen molar-refractivity contribution >= 4 is 0 Å². The number of ether oxygens (including phenoxy) is 1. The Morgan fingerprint density at radius 1 is 1.60 bits per heavy atom. The van der Waals surface area contributed by atoms with Crippen molar-refractivity contribution in [2.24, 2.45) is 0 Å². The van der Waals surface area contributed by atoms with Crippen LogP contribution in [0.5, 0.6) is 0 Å². The van der Waals surface area contributed by atoms with E-state index in [4.69, 9.17) is 9.84 Å². The Morgan fingerprint density at radius 3 is 2.70 bits per heavy atom. The second-order valence-corrected chi connectivity index (χ2v) is 3.25. The lowest BCUT2D eigenvalue weighted by Gasteiger charge is -2.38. The number of aliphatic hydroxyl groups excluding tert-OH is 1. The average molecular weight is 143 g/mol. The Morgan fingerprint density at radius 2 is 2.40 bits per heavy atom. The van der Waals surface area contributed by atoms with E-state index >= 15 is 0 Å². The summed E-state index contributed by atoms with van der Waals surface area (Å²) in [6.45, 7) is 2.13. The molecule has 0 aromatic heterocycles. The molecule has 58 valence electrons. The summed E-state index contributed by atoms with van der Waals surface area (Å²) in [4.78, 5) is 0. The Hall–Kier alpha value is -0.120. The summed E-state index contributed by atoms with van der Waals surface area (Å²) in [7, 11) is 0. The minimum Gasteiger partial charge on any atom is -0.394 e. The number of aliphatic hydroxyl groups is 1. The molecule has 1 atom stereocenters. The Labute approximate surface area is 60.4 Å². The third-order valence-corrected chi connectivity index (χ3v) is 2.44. The lowest BCUT2D eigenvalue weighted by molar-refractivity contribution is -0.0864. The zero-order valence-corrected chi connectivity index (χ0v) is 5.97. The molecule has 2 aliphatic heterocycles. The molecule has 0 saturated carbocycles. The van der Waals surface area contributed by atoms with E-state index in [9.17, 15) is 0 Å². The van der Waals surface area contributed by atoms with E-state index in [1.54, 1.807) is 0 Å². The zero-order valence-electron chi connectivity index (χ0n) is 5.97. The molecule has 2 saturated heterocycles. The van der Waals surface area contributed by atoms with Crippen molar-refractivity contribution in [3.05, 3.63) is 0 Å². The summed E-state index contributed by atoms with van der Waals surface area (Å²) in [6, 6.07) is 0. The van der Waals surface area contributed by atoms with Crippen LogP contribution in [0.2, 0.25) is 0 Å². The molecule has 2 fully saturated rings. The second kappa shape index (κ2) is 2.19. The molecule has 1 unspecified atom stereocenters. The number of nitrogens with one attached hydrogen (secondary N) is 1. The van der Waals surface area contributed by atoms with Crippen LogP contribution in [0.25, 0.3) is 0 Å². The van der Waals surface area contributed by atoms with Crippen molar-refractivity contribution in [1.82, 2.24) is 5.32 Å². The van der Waals surface area contributed by atoms with Crippen molar-refractivity contribution in [2.45, 2.75) is 24.5 Å². The summed E-state index contributed by atoms with van der Waals surface area (Å²) in [5.74, 6) is 0. The van der Waals surface area contributed by atoms with Gasteiger partial charge in [-0.1, -0.05) is 0 Å². The highest BCUT2D eigenvalue weighted by Gasteiger charge is 2.44. The maximum absolute atomic E-state index is 8.77. The quantitative estimate of drug-likeness (QED) is 0.520. The smallest absolute Gasteiger partial charge is 0.0935 e. The summed E-state index contributed by atoms with van der Waals surface area (Å²) >= 11 is 0. The summed E-state index contributed by atoms with van der Waals surface area (Å²) in [5.41, 5.74) is 0.118. The van der Waals surface area contributed by atoms with Gasteiger partial charge >= 0.3 is 0 Å². The van der Waals surface area contributed by atoms with Gasteiger partial charge in [-0.15, -0.1) is 0 Å². The van der Waals surface area contributed by atoms with Crippen LogP contribution in [-0.4, -0.2) is 36.5 Å². The first-order chi connectivity index (χ1) is 4.85. The third-order valence-electron chi connectivity index (χ3n) is 2.44. The Kier molecular flexibility index (Phi) is 1.44. The lowest BCUT2D eigenvalue weighted by Crippen LogP contribution is -2.59. The third kappa shape index (κ3) is 0.856. The van der Waals surface area contributed by atoms with Crippen molar-refractivity contribution in [1.29, 1.82) is 0 Å². The molecular weight excluding hydrogens is 130 g/mol. The van der Waals surface area contributed by atoms with E-state index < -0.39 is 0 Å². The van der Waals surface area contributed by atoms with Gasteiger partial charge in [-0.3, -0.25) is 0 Å². The first-order valence-corrected chi connectivity index (χ1v) is 3.84. The zero-order chi connectivity index (χ0) is 7.03. The van der Waals surface area contributed by atoms with Crippen LogP contribution in [0, 0.1) is 0 Å². The SMILES string of the molecule is OCC1CCC2(CNC2)O1. The number of hydrogen-bond donors (Lipinski definition) is 2. The molecule has 0 aromatic rings. The van der Waals surface area contributed by atoms with Gasteiger partial charge < -0.3 is 15.2 Å². The van der Waals surface area contributed by atoms with Crippen LogP contribution in [0.4, 0.5) is 0 Å². The molecular formula is C7H13NO2. The highest BCUT2D eigenvalue weighted by Crippen LogP contribution is 2.32. The van der Waals surface area contributed by atoms with Gasteiger partial charge in [-0.05, 0) is 12.8 Å². The minimum absolute atomic E-state index is 0.113. The van der Waals surface area contributed by atoms with Crippen molar-refractivity contribution in [3.63, 3.8) is 0 Å². The lowest BCUT2D eigenvalue weighted by atomic mass is 9.94. The first kappa shape index (κ1) is 6.58. The standard InChI is InChI=1S/C7H13NO2/c9-3-6-1-2-7(10-6)4-8-5-7/h6,8-9H,1-5H2. The predicted octanol–water partition coefficient (Wildman–Crippen LogP) is -0.500. The fourth-order valence-electron chi connectivity index (χ4n) is 1.69. The molecule has 3 nitrogen and oxygen atoms in total. The van der Waals surface area contributed by atoms with Gasteiger partial charge in [0, 0.05) is 13.1 Å². The Bertz CT molecular complexity index is 134. The predicted molar refractivity (Wildman–Crippen MR) is 36.8 cm³/mol. The molecule has 0 bridgehead atoms. The minimum atomic E-state index is 0.113. The van der Waals surface area contributed by atoms with E-state index in [2.05, 4.69) is 5.32 Å². The van der Waals surface area contributed by atoms with E-state index in [1.165, 1.54) is 0 Å². The van der Waals surface area contributed by atoms with Gasteiger partial charge in [0.1, 0.15) is 0 Å². The van der Waals surface area contributed by atoms with Gasteiger partial charge in [0.25, 0.3) is 0 Å². The Balaban J connectivity index is 1.92. The molecule has 0 amide bonds. The number of hydrogen-bond acceptors (Lipinski definition) is 3.